The van der Waals surface area contributed by atoms with Gasteiger partial charge in [-0.05, 0) is 19.8 Å². The Morgan fingerprint density at radius 3 is 2.58 bits per heavy atom. The van der Waals surface area contributed by atoms with Crippen LogP contribution in [0.3, 0.4) is 0 Å². The lowest BCUT2D eigenvalue weighted by Gasteiger charge is -2.19. The van der Waals surface area contributed by atoms with Crippen LogP contribution in [0.5, 0.6) is 0 Å². The summed E-state index contributed by atoms with van der Waals surface area (Å²) in [7, 11) is -3.71. The summed E-state index contributed by atoms with van der Waals surface area (Å²) in [6.07, 6.45) is 1.84. The third-order valence-corrected chi connectivity index (χ3v) is 6.06. The summed E-state index contributed by atoms with van der Waals surface area (Å²) in [4.78, 5) is 18.0. The van der Waals surface area contributed by atoms with Crippen molar-refractivity contribution >= 4 is 15.7 Å². The standard InChI is InChI=1S/C16H19N3O4S/c1-12(16(20)19-9-5-6-10-19)24(21,22)11-14-17-15(18-23-14)13-7-3-2-4-8-13/h2-4,7-8,12H,5-6,9-11H2,1H3/t12-/m0/s1. The van der Waals surface area contributed by atoms with Crippen LogP contribution < -0.4 is 0 Å². The molecule has 1 fully saturated rings. The molecule has 7 nitrogen and oxygen atoms in total. The Bertz CT molecular complexity index is 811. The average Bonchev–Trinajstić information content (AvgIpc) is 3.25. The number of benzene rings is 1. The van der Waals surface area contributed by atoms with Crippen molar-refractivity contribution in [2.75, 3.05) is 13.1 Å². The second-order valence-corrected chi connectivity index (χ2v) is 8.18. The van der Waals surface area contributed by atoms with Crippen molar-refractivity contribution in [3.63, 3.8) is 0 Å². The first-order valence-electron chi connectivity index (χ1n) is 7.86. The molecule has 0 bridgehead atoms. The maximum Gasteiger partial charge on any atom is 0.242 e. The van der Waals surface area contributed by atoms with E-state index in [2.05, 4.69) is 10.1 Å². The van der Waals surface area contributed by atoms with E-state index in [4.69, 9.17) is 4.52 Å². The third-order valence-electron chi connectivity index (χ3n) is 4.13. The van der Waals surface area contributed by atoms with Gasteiger partial charge in [-0.1, -0.05) is 35.5 Å². The molecule has 0 aliphatic carbocycles. The van der Waals surface area contributed by atoms with Crippen molar-refractivity contribution in [2.45, 2.75) is 30.8 Å². The summed E-state index contributed by atoms with van der Waals surface area (Å²) in [6, 6.07) is 9.14. The monoisotopic (exact) mass is 349 g/mol. The molecule has 2 aromatic rings. The number of nitrogens with zero attached hydrogens (tertiary/aromatic N) is 3. The quantitative estimate of drug-likeness (QED) is 0.815. The SMILES string of the molecule is C[C@@H](C(=O)N1CCCC1)S(=O)(=O)Cc1nc(-c2ccccc2)no1. The van der Waals surface area contributed by atoms with Gasteiger partial charge in [-0.3, -0.25) is 4.79 Å². The van der Waals surface area contributed by atoms with Gasteiger partial charge in [0.1, 0.15) is 11.0 Å². The molecule has 3 rings (SSSR count). The highest BCUT2D eigenvalue weighted by molar-refractivity contribution is 7.92. The number of likely N-dealkylation sites (tertiary alicyclic amines) is 1. The molecule has 1 aromatic heterocycles. The van der Waals surface area contributed by atoms with Gasteiger partial charge in [0.25, 0.3) is 0 Å². The third kappa shape index (κ3) is 3.48. The molecule has 0 spiro atoms. The first kappa shape index (κ1) is 16.6. The van der Waals surface area contributed by atoms with E-state index >= 15 is 0 Å². The van der Waals surface area contributed by atoms with Crippen LogP contribution in [0.15, 0.2) is 34.9 Å². The smallest absolute Gasteiger partial charge is 0.242 e. The Morgan fingerprint density at radius 2 is 1.92 bits per heavy atom. The van der Waals surface area contributed by atoms with E-state index in [1.54, 1.807) is 4.90 Å². The van der Waals surface area contributed by atoms with E-state index in [1.165, 1.54) is 6.92 Å². The summed E-state index contributed by atoms with van der Waals surface area (Å²) in [6.45, 7) is 2.67. The lowest BCUT2D eigenvalue weighted by atomic mass is 10.2. The number of hydrogen-bond acceptors (Lipinski definition) is 6. The van der Waals surface area contributed by atoms with Gasteiger partial charge in [0, 0.05) is 18.7 Å². The van der Waals surface area contributed by atoms with Crippen molar-refractivity contribution in [1.82, 2.24) is 15.0 Å². The predicted octanol–water partition coefficient (Wildman–Crippen LogP) is 1.66. The topological polar surface area (TPSA) is 93.4 Å². The van der Waals surface area contributed by atoms with Crippen LogP contribution in [0.4, 0.5) is 0 Å². The number of aromatic nitrogens is 2. The number of carbonyl (C=O) groups excluding carboxylic acids is 1. The van der Waals surface area contributed by atoms with Gasteiger partial charge in [-0.25, -0.2) is 8.42 Å². The van der Waals surface area contributed by atoms with Gasteiger partial charge in [0.05, 0.1) is 0 Å². The molecule has 0 N–H and O–H groups in total. The van der Waals surface area contributed by atoms with Crippen LogP contribution in [0.25, 0.3) is 11.4 Å². The van der Waals surface area contributed by atoms with Gasteiger partial charge >= 0.3 is 0 Å². The summed E-state index contributed by atoms with van der Waals surface area (Å²) in [5.41, 5.74) is 0.742. The first-order valence-corrected chi connectivity index (χ1v) is 9.57. The van der Waals surface area contributed by atoms with Crippen LogP contribution in [-0.4, -0.2) is 47.7 Å². The van der Waals surface area contributed by atoms with Gasteiger partial charge in [-0.2, -0.15) is 4.98 Å². The summed E-state index contributed by atoms with van der Waals surface area (Å²) >= 11 is 0. The molecular weight excluding hydrogens is 330 g/mol. The predicted molar refractivity (Wildman–Crippen MR) is 87.6 cm³/mol. The van der Waals surface area contributed by atoms with Gasteiger partial charge < -0.3 is 9.42 Å². The minimum absolute atomic E-state index is 0.00470. The van der Waals surface area contributed by atoms with Gasteiger partial charge in [0.2, 0.25) is 17.6 Å². The fraction of sp³-hybridized carbons (Fsp3) is 0.438. The minimum Gasteiger partial charge on any atom is -0.342 e. The van der Waals surface area contributed by atoms with Crippen LogP contribution in [-0.2, 0) is 20.4 Å². The zero-order valence-corrected chi connectivity index (χ0v) is 14.2. The molecule has 1 amide bonds. The van der Waals surface area contributed by atoms with Crippen molar-refractivity contribution in [3.8, 4) is 11.4 Å². The fourth-order valence-electron chi connectivity index (χ4n) is 2.66. The molecule has 1 aliphatic rings. The van der Waals surface area contributed by atoms with Crippen molar-refractivity contribution < 1.29 is 17.7 Å². The minimum atomic E-state index is -3.71. The lowest BCUT2D eigenvalue weighted by Crippen LogP contribution is -2.40. The van der Waals surface area contributed by atoms with E-state index in [0.29, 0.717) is 18.9 Å². The van der Waals surface area contributed by atoms with E-state index in [-0.39, 0.29) is 11.8 Å². The van der Waals surface area contributed by atoms with Crippen LogP contribution >= 0.6 is 0 Å². The van der Waals surface area contributed by atoms with Crippen molar-refractivity contribution in [2.24, 2.45) is 0 Å². The average molecular weight is 349 g/mol. The van der Waals surface area contributed by atoms with Gasteiger partial charge in [0.15, 0.2) is 9.84 Å². The maximum absolute atomic E-state index is 12.5. The van der Waals surface area contributed by atoms with E-state index in [1.807, 2.05) is 30.3 Å². The molecule has 24 heavy (non-hydrogen) atoms. The molecule has 2 heterocycles. The highest BCUT2D eigenvalue weighted by Gasteiger charge is 2.34. The first-order chi connectivity index (χ1) is 11.5. The van der Waals surface area contributed by atoms with E-state index < -0.39 is 20.8 Å². The number of sulfone groups is 1. The summed E-state index contributed by atoms with van der Waals surface area (Å²) in [5, 5.41) is 2.70. The number of amides is 1. The molecule has 1 aliphatic heterocycles. The Balaban J connectivity index is 1.72. The Labute approximate surface area is 140 Å². The Morgan fingerprint density at radius 1 is 1.25 bits per heavy atom. The molecule has 1 atom stereocenters. The highest BCUT2D eigenvalue weighted by Crippen LogP contribution is 2.19. The fourth-order valence-corrected chi connectivity index (χ4v) is 3.83. The van der Waals surface area contributed by atoms with Crippen LogP contribution in [0.1, 0.15) is 25.7 Å². The van der Waals surface area contributed by atoms with Crippen LogP contribution in [0.2, 0.25) is 0 Å². The van der Waals surface area contributed by atoms with Crippen LogP contribution in [0, 0.1) is 0 Å². The molecule has 0 saturated carbocycles. The highest BCUT2D eigenvalue weighted by atomic mass is 32.2. The van der Waals surface area contributed by atoms with E-state index in [0.717, 1.165) is 18.4 Å². The molecule has 8 heteroatoms. The zero-order valence-electron chi connectivity index (χ0n) is 13.4. The Hall–Kier alpha value is -2.22. The molecule has 0 unspecified atom stereocenters. The molecular formula is C16H19N3O4S. The number of hydrogen-bond donors (Lipinski definition) is 0. The molecule has 1 saturated heterocycles. The lowest BCUT2D eigenvalue weighted by molar-refractivity contribution is -0.129. The maximum atomic E-state index is 12.5. The molecule has 1 aromatic carbocycles. The van der Waals surface area contributed by atoms with Crippen molar-refractivity contribution in [3.05, 3.63) is 36.2 Å². The van der Waals surface area contributed by atoms with E-state index in [9.17, 15) is 13.2 Å². The molecule has 128 valence electrons. The summed E-state index contributed by atoms with van der Waals surface area (Å²) < 4.78 is 30.0. The largest absolute Gasteiger partial charge is 0.342 e. The normalized spacial score (nSPS) is 16.3. The zero-order chi connectivity index (χ0) is 17.2. The van der Waals surface area contributed by atoms with Crippen molar-refractivity contribution in [1.29, 1.82) is 0 Å². The second kappa shape index (κ2) is 6.72. The Kier molecular flexibility index (Phi) is 4.66. The second-order valence-electron chi connectivity index (χ2n) is 5.86. The molecule has 0 radical (unpaired) electrons. The summed E-state index contributed by atoms with van der Waals surface area (Å²) in [5.74, 6) is -0.460. The number of carbonyl (C=O) groups is 1. The van der Waals surface area contributed by atoms with Gasteiger partial charge in [-0.15, -0.1) is 0 Å². The number of rotatable bonds is 5.